The van der Waals surface area contributed by atoms with Crippen molar-refractivity contribution < 1.29 is 4.79 Å². The van der Waals surface area contributed by atoms with E-state index in [1.165, 1.54) is 10.9 Å². The van der Waals surface area contributed by atoms with Crippen LogP contribution in [-0.4, -0.2) is 32.1 Å². The maximum absolute atomic E-state index is 12.4. The number of amides is 1. The zero-order valence-corrected chi connectivity index (χ0v) is 11.6. The molecule has 0 aliphatic heterocycles. The number of hydrogen-bond acceptors (Lipinski definition) is 3. The Labute approximate surface area is 116 Å². The first-order valence-corrected chi connectivity index (χ1v) is 6.37. The minimum Gasteiger partial charge on any atom is -0.334 e. The van der Waals surface area contributed by atoms with E-state index in [2.05, 4.69) is 10.1 Å². The number of rotatable bonds is 4. The second-order valence-electron chi connectivity index (χ2n) is 4.15. The number of halogens is 1. The summed E-state index contributed by atoms with van der Waals surface area (Å²) in [7, 11) is 1.71. The highest BCUT2D eigenvalue weighted by atomic mass is 35.5. The van der Waals surface area contributed by atoms with Crippen LogP contribution < -0.4 is 0 Å². The molecule has 0 aromatic carbocycles. The summed E-state index contributed by atoms with van der Waals surface area (Å²) in [5.74, 6) is -0.114. The third kappa shape index (κ3) is 2.93. The van der Waals surface area contributed by atoms with Crippen molar-refractivity contribution in [3.05, 3.63) is 47.0 Å². The van der Waals surface area contributed by atoms with E-state index in [4.69, 9.17) is 11.6 Å². The van der Waals surface area contributed by atoms with E-state index in [1.807, 2.05) is 19.1 Å². The number of hydrogen-bond donors (Lipinski definition) is 0. The van der Waals surface area contributed by atoms with Crippen molar-refractivity contribution in [3.8, 4) is 0 Å². The molecule has 2 rings (SSSR count). The Balaban J connectivity index is 2.18. The molecule has 2 aromatic heterocycles. The average Bonchev–Trinajstić information content (AvgIpc) is 2.77. The first-order chi connectivity index (χ1) is 9.13. The summed E-state index contributed by atoms with van der Waals surface area (Å²) in [4.78, 5) is 18.1. The molecule has 0 saturated carbocycles. The normalized spacial score (nSPS) is 10.5. The predicted molar refractivity (Wildman–Crippen MR) is 72.9 cm³/mol. The number of nitrogens with zero attached hydrogens (tertiary/aromatic N) is 4. The Morgan fingerprint density at radius 2 is 2.11 bits per heavy atom. The average molecular weight is 279 g/mol. The Hall–Kier alpha value is -1.88. The van der Waals surface area contributed by atoms with Gasteiger partial charge in [-0.15, -0.1) is 0 Å². The molecule has 0 radical (unpaired) electrons. The molecule has 19 heavy (non-hydrogen) atoms. The highest BCUT2D eigenvalue weighted by Crippen LogP contribution is 2.17. The molecule has 100 valence electrons. The Bertz CT molecular complexity index is 567. The van der Waals surface area contributed by atoms with Gasteiger partial charge in [0.1, 0.15) is 5.15 Å². The molecule has 0 saturated heterocycles. The van der Waals surface area contributed by atoms with Crippen molar-refractivity contribution >= 4 is 17.5 Å². The van der Waals surface area contributed by atoms with E-state index in [9.17, 15) is 4.79 Å². The fourth-order valence-corrected chi connectivity index (χ4v) is 1.95. The summed E-state index contributed by atoms with van der Waals surface area (Å²) in [6.07, 6.45) is 4.93. The van der Waals surface area contributed by atoms with Crippen molar-refractivity contribution in [2.24, 2.45) is 7.05 Å². The number of aromatic nitrogens is 3. The van der Waals surface area contributed by atoms with Crippen molar-refractivity contribution in [2.45, 2.75) is 13.5 Å². The fourth-order valence-electron chi connectivity index (χ4n) is 1.77. The van der Waals surface area contributed by atoms with Gasteiger partial charge in [0.15, 0.2) is 0 Å². The lowest BCUT2D eigenvalue weighted by Crippen LogP contribution is -2.30. The minimum absolute atomic E-state index is 0.114. The fraction of sp³-hybridized carbons (Fsp3) is 0.308. The second kappa shape index (κ2) is 5.84. The summed E-state index contributed by atoms with van der Waals surface area (Å²) in [6.45, 7) is 3.07. The molecule has 0 fully saturated rings. The smallest absolute Gasteiger partial charge is 0.258 e. The van der Waals surface area contributed by atoms with Gasteiger partial charge in [-0.05, 0) is 24.6 Å². The number of carbonyl (C=O) groups is 1. The summed E-state index contributed by atoms with van der Waals surface area (Å²) < 4.78 is 1.48. The van der Waals surface area contributed by atoms with Crippen LogP contribution in [0.4, 0.5) is 0 Å². The molecular formula is C13H15ClN4O. The lowest BCUT2D eigenvalue weighted by molar-refractivity contribution is 0.0752. The minimum atomic E-state index is -0.114. The van der Waals surface area contributed by atoms with Crippen molar-refractivity contribution in [1.29, 1.82) is 0 Å². The first kappa shape index (κ1) is 13.5. The number of aryl methyl sites for hydroxylation is 1. The quantitative estimate of drug-likeness (QED) is 0.861. The SMILES string of the molecule is CCN(Cc1ccncc1)C(=O)c1cnn(C)c1Cl. The molecule has 0 aliphatic carbocycles. The third-order valence-electron chi connectivity index (χ3n) is 2.89. The molecule has 6 heteroatoms. The van der Waals surface area contributed by atoms with E-state index in [0.717, 1.165) is 5.56 Å². The van der Waals surface area contributed by atoms with Gasteiger partial charge in [-0.2, -0.15) is 5.10 Å². The lowest BCUT2D eigenvalue weighted by atomic mass is 10.2. The molecule has 0 spiro atoms. The van der Waals surface area contributed by atoms with Gasteiger partial charge >= 0.3 is 0 Å². The molecule has 0 aliphatic rings. The third-order valence-corrected chi connectivity index (χ3v) is 3.34. The maximum Gasteiger partial charge on any atom is 0.258 e. The number of pyridine rings is 1. The van der Waals surface area contributed by atoms with Crippen LogP contribution in [0.1, 0.15) is 22.8 Å². The molecule has 2 heterocycles. The molecule has 0 unspecified atom stereocenters. The zero-order valence-electron chi connectivity index (χ0n) is 10.9. The molecule has 5 nitrogen and oxygen atoms in total. The predicted octanol–water partition coefficient (Wildman–Crippen LogP) is 2.13. The topological polar surface area (TPSA) is 51.0 Å². The molecule has 0 bridgehead atoms. The molecule has 2 aromatic rings. The standard InChI is InChI=1S/C13H15ClN4O/c1-3-18(9-10-4-6-15-7-5-10)13(19)11-8-16-17(2)12(11)14/h4-8H,3,9H2,1-2H3. The van der Waals surface area contributed by atoms with Crippen molar-refractivity contribution in [2.75, 3.05) is 6.54 Å². The van der Waals surface area contributed by atoms with Crippen LogP contribution in [0.3, 0.4) is 0 Å². The van der Waals surface area contributed by atoms with E-state index in [1.54, 1.807) is 24.3 Å². The van der Waals surface area contributed by atoms with Gasteiger partial charge in [0.05, 0.1) is 11.8 Å². The zero-order chi connectivity index (χ0) is 13.8. The summed E-state index contributed by atoms with van der Waals surface area (Å²) in [5, 5.41) is 4.35. The van der Waals surface area contributed by atoms with Gasteiger partial charge in [0, 0.05) is 32.5 Å². The van der Waals surface area contributed by atoms with Gasteiger partial charge in [-0.3, -0.25) is 14.5 Å². The van der Waals surface area contributed by atoms with Crippen molar-refractivity contribution in [3.63, 3.8) is 0 Å². The van der Waals surface area contributed by atoms with Gasteiger partial charge in [-0.1, -0.05) is 11.6 Å². The Morgan fingerprint density at radius 3 is 2.63 bits per heavy atom. The van der Waals surface area contributed by atoms with Gasteiger partial charge < -0.3 is 4.90 Å². The molecule has 1 amide bonds. The van der Waals surface area contributed by atoms with Crippen LogP contribution in [0.25, 0.3) is 0 Å². The van der Waals surface area contributed by atoms with Crippen LogP contribution >= 0.6 is 11.6 Å². The van der Waals surface area contributed by atoms with Crippen LogP contribution in [0, 0.1) is 0 Å². The Morgan fingerprint density at radius 1 is 1.42 bits per heavy atom. The van der Waals surface area contributed by atoms with Gasteiger partial charge in [0.25, 0.3) is 5.91 Å². The van der Waals surface area contributed by atoms with E-state index < -0.39 is 0 Å². The van der Waals surface area contributed by atoms with E-state index >= 15 is 0 Å². The lowest BCUT2D eigenvalue weighted by Gasteiger charge is -2.20. The molecular weight excluding hydrogens is 264 g/mol. The van der Waals surface area contributed by atoms with Crippen molar-refractivity contribution in [1.82, 2.24) is 19.7 Å². The second-order valence-corrected chi connectivity index (χ2v) is 4.51. The first-order valence-electron chi connectivity index (χ1n) is 5.99. The van der Waals surface area contributed by atoms with E-state index in [-0.39, 0.29) is 5.91 Å². The van der Waals surface area contributed by atoms with Gasteiger partial charge in [-0.25, -0.2) is 0 Å². The summed E-state index contributed by atoms with van der Waals surface area (Å²) >= 11 is 6.05. The van der Waals surface area contributed by atoms with Crippen LogP contribution in [0.2, 0.25) is 5.15 Å². The highest BCUT2D eigenvalue weighted by Gasteiger charge is 2.20. The highest BCUT2D eigenvalue weighted by molar-refractivity contribution is 6.32. The van der Waals surface area contributed by atoms with Crippen LogP contribution in [-0.2, 0) is 13.6 Å². The summed E-state index contributed by atoms with van der Waals surface area (Å²) in [5.41, 5.74) is 1.46. The maximum atomic E-state index is 12.4. The van der Waals surface area contributed by atoms with Crippen LogP contribution in [0.15, 0.2) is 30.7 Å². The Kier molecular flexibility index (Phi) is 4.16. The number of carbonyl (C=O) groups excluding carboxylic acids is 1. The van der Waals surface area contributed by atoms with E-state index in [0.29, 0.717) is 23.8 Å². The molecule has 0 N–H and O–H groups in total. The molecule has 0 atom stereocenters. The van der Waals surface area contributed by atoms with Crippen LogP contribution in [0.5, 0.6) is 0 Å². The summed E-state index contributed by atoms with van der Waals surface area (Å²) in [6, 6.07) is 3.78. The largest absolute Gasteiger partial charge is 0.334 e. The van der Waals surface area contributed by atoms with Gasteiger partial charge in [0.2, 0.25) is 0 Å². The monoisotopic (exact) mass is 278 g/mol.